The second-order valence-corrected chi connectivity index (χ2v) is 7.18. The monoisotopic (exact) mass is 371 g/mol. The predicted octanol–water partition coefficient (Wildman–Crippen LogP) is 0.466. The highest BCUT2D eigenvalue weighted by atomic mass is 16.5. The summed E-state index contributed by atoms with van der Waals surface area (Å²) in [5.74, 6) is -1.07. The number of ether oxygens (including phenoxy) is 1. The Balaban J connectivity index is 1.49. The molecule has 142 valence electrons. The van der Waals surface area contributed by atoms with E-state index in [2.05, 4.69) is 10.6 Å². The summed E-state index contributed by atoms with van der Waals surface area (Å²) in [5, 5.41) is 5.52. The molecular formula is C19H21N3O5. The molecule has 4 amide bonds. The summed E-state index contributed by atoms with van der Waals surface area (Å²) in [7, 11) is 0. The average Bonchev–Trinajstić information content (AvgIpc) is 2.92. The fraction of sp³-hybridized carbons (Fsp3) is 0.474. The summed E-state index contributed by atoms with van der Waals surface area (Å²) in [4.78, 5) is 49.8. The van der Waals surface area contributed by atoms with Crippen molar-refractivity contribution in [3.05, 3.63) is 29.3 Å². The van der Waals surface area contributed by atoms with Gasteiger partial charge in [0.15, 0.2) is 0 Å². The molecule has 0 aromatic heterocycles. The normalized spacial score (nSPS) is 25.4. The van der Waals surface area contributed by atoms with Crippen molar-refractivity contribution in [3.63, 3.8) is 0 Å². The number of hydrogen-bond donors (Lipinski definition) is 2. The molecule has 3 aliphatic heterocycles. The number of rotatable bonds is 4. The van der Waals surface area contributed by atoms with E-state index in [1.54, 1.807) is 18.2 Å². The molecule has 2 unspecified atom stereocenters. The zero-order chi connectivity index (χ0) is 19.0. The van der Waals surface area contributed by atoms with Crippen molar-refractivity contribution in [2.24, 2.45) is 5.92 Å². The van der Waals surface area contributed by atoms with Gasteiger partial charge in [-0.1, -0.05) is 0 Å². The van der Waals surface area contributed by atoms with Gasteiger partial charge in [-0.15, -0.1) is 0 Å². The number of amides is 4. The predicted molar refractivity (Wildman–Crippen MR) is 94.2 cm³/mol. The van der Waals surface area contributed by atoms with Gasteiger partial charge in [-0.05, 0) is 44.0 Å². The lowest BCUT2D eigenvalue weighted by atomic mass is 10.0. The van der Waals surface area contributed by atoms with Crippen LogP contribution in [0.15, 0.2) is 18.2 Å². The zero-order valence-corrected chi connectivity index (χ0v) is 14.8. The van der Waals surface area contributed by atoms with E-state index in [0.29, 0.717) is 18.3 Å². The molecule has 4 rings (SSSR count). The number of imide groups is 2. The Morgan fingerprint density at radius 2 is 1.89 bits per heavy atom. The van der Waals surface area contributed by atoms with Crippen LogP contribution in [0.25, 0.3) is 0 Å². The van der Waals surface area contributed by atoms with Crippen LogP contribution in [0.1, 0.15) is 46.4 Å². The number of hydrogen-bond acceptors (Lipinski definition) is 6. The molecule has 2 saturated heterocycles. The number of carbonyl (C=O) groups excluding carboxylic acids is 4. The molecule has 3 aliphatic rings. The van der Waals surface area contributed by atoms with Gasteiger partial charge in [-0.2, -0.15) is 0 Å². The van der Waals surface area contributed by atoms with E-state index in [4.69, 9.17) is 4.74 Å². The molecule has 0 saturated carbocycles. The topological polar surface area (TPSA) is 105 Å². The number of fused-ring (bicyclic) bond motifs is 1. The summed E-state index contributed by atoms with van der Waals surface area (Å²) in [6.07, 6.45) is 2.46. The zero-order valence-electron chi connectivity index (χ0n) is 14.8. The first-order valence-electron chi connectivity index (χ1n) is 9.24. The van der Waals surface area contributed by atoms with E-state index in [9.17, 15) is 19.2 Å². The van der Waals surface area contributed by atoms with Crippen LogP contribution in [0.5, 0.6) is 5.75 Å². The van der Waals surface area contributed by atoms with E-state index in [1.165, 1.54) is 0 Å². The second kappa shape index (κ2) is 7.11. The smallest absolute Gasteiger partial charge is 0.262 e. The van der Waals surface area contributed by atoms with Gasteiger partial charge in [-0.25, -0.2) is 0 Å². The maximum Gasteiger partial charge on any atom is 0.262 e. The summed E-state index contributed by atoms with van der Waals surface area (Å²) in [6, 6.07) is 3.86. The first-order valence-corrected chi connectivity index (χ1v) is 9.24. The Kier molecular flexibility index (Phi) is 4.65. The number of carbonyl (C=O) groups is 4. The SMILES string of the molecule is O=C1CCC(N2C(=O)c3ccc(OCC4CCCNC4)cc3C2=O)C(=O)N1. The van der Waals surface area contributed by atoms with Crippen molar-refractivity contribution in [1.82, 2.24) is 15.5 Å². The molecule has 1 aromatic rings. The molecule has 0 bridgehead atoms. The van der Waals surface area contributed by atoms with Crippen molar-refractivity contribution in [3.8, 4) is 5.75 Å². The minimum absolute atomic E-state index is 0.105. The lowest BCUT2D eigenvalue weighted by Crippen LogP contribution is -2.54. The van der Waals surface area contributed by atoms with Gasteiger partial charge < -0.3 is 10.1 Å². The lowest BCUT2D eigenvalue weighted by Gasteiger charge is -2.27. The van der Waals surface area contributed by atoms with Gasteiger partial charge in [-0.3, -0.25) is 29.4 Å². The minimum atomic E-state index is -0.951. The van der Waals surface area contributed by atoms with Crippen LogP contribution in [-0.4, -0.2) is 54.3 Å². The fourth-order valence-electron chi connectivity index (χ4n) is 3.82. The molecule has 0 radical (unpaired) electrons. The third-order valence-electron chi connectivity index (χ3n) is 5.30. The summed E-state index contributed by atoms with van der Waals surface area (Å²) in [5.41, 5.74) is 0.500. The number of benzene rings is 1. The molecular weight excluding hydrogens is 350 g/mol. The van der Waals surface area contributed by atoms with Gasteiger partial charge in [0.1, 0.15) is 11.8 Å². The molecule has 27 heavy (non-hydrogen) atoms. The van der Waals surface area contributed by atoms with E-state index in [0.717, 1.165) is 30.8 Å². The third-order valence-corrected chi connectivity index (χ3v) is 5.30. The van der Waals surface area contributed by atoms with E-state index in [-0.39, 0.29) is 29.9 Å². The van der Waals surface area contributed by atoms with Gasteiger partial charge in [0, 0.05) is 18.9 Å². The number of piperidine rings is 2. The fourth-order valence-corrected chi connectivity index (χ4v) is 3.82. The van der Waals surface area contributed by atoms with E-state index in [1.807, 2.05) is 0 Å². The van der Waals surface area contributed by atoms with Crippen molar-refractivity contribution in [2.45, 2.75) is 31.7 Å². The molecule has 0 spiro atoms. The molecule has 8 heteroatoms. The maximum absolute atomic E-state index is 12.8. The Bertz CT molecular complexity index is 816. The standard InChI is InChI=1S/C19H21N3O5/c23-16-6-5-15(17(24)21-16)22-18(25)13-4-3-12(8-14(13)19(22)26)27-10-11-2-1-7-20-9-11/h3-4,8,11,15,20H,1-2,5-7,9-10H2,(H,21,23,24). The van der Waals surface area contributed by atoms with Crippen LogP contribution in [0.2, 0.25) is 0 Å². The van der Waals surface area contributed by atoms with Crippen LogP contribution in [0.3, 0.4) is 0 Å². The van der Waals surface area contributed by atoms with Crippen LogP contribution < -0.4 is 15.4 Å². The number of nitrogens with one attached hydrogen (secondary N) is 2. The molecule has 2 N–H and O–H groups in total. The molecule has 0 aliphatic carbocycles. The van der Waals surface area contributed by atoms with Crippen molar-refractivity contribution in [2.75, 3.05) is 19.7 Å². The Morgan fingerprint density at radius 3 is 2.63 bits per heavy atom. The van der Waals surface area contributed by atoms with Gasteiger partial charge in [0.25, 0.3) is 11.8 Å². The maximum atomic E-state index is 12.8. The third kappa shape index (κ3) is 3.32. The quantitative estimate of drug-likeness (QED) is 0.746. The highest BCUT2D eigenvalue weighted by molar-refractivity contribution is 6.23. The molecule has 3 heterocycles. The molecule has 1 aromatic carbocycles. The van der Waals surface area contributed by atoms with Gasteiger partial charge in [0.05, 0.1) is 17.7 Å². The Hall–Kier alpha value is -2.74. The van der Waals surface area contributed by atoms with Crippen molar-refractivity contribution >= 4 is 23.6 Å². The van der Waals surface area contributed by atoms with Gasteiger partial charge in [0.2, 0.25) is 11.8 Å². The van der Waals surface area contributed by atoms with Crippen LogP contribution in [-0.2, 0) is 9.59 Å². The minimum Gasteiger partial charge on any atom is -0.493 e. The molecule has 2 atom stereocenters. The van der Waals surface area contributed by atoms with Crippen molar-refractivity contribution < 1.29 is 23.9 Å². The number of nitrogens with zero attached hydrogens (tertiary/aromatic N) is 1. The summed E-state index contributed by atoms with van der Waals surface area (Å²) in [6.45, 7) is 2.48. The van der Waals surface area contributed by atoms with Crippen LogP contribution in [0, 0.1) is 5.92 Å². The van der Waals surface area contributed by atoms with Crippen molar-refractivity contribution in [1.29, 1.82) is 0 Å². The first-order chi connectivity index (χ1) is 13.0. The lowest BCUT2D eigenvalue weighted by molar-refractivity contribution is -0.136. The van der Waals surface area contributed by atoms with E-state index >= 15 is 0 Å². The summed E-state index contributed by atoms with van der Waals surface area (Å²) < 4.78 is 5.82. The summed E-state index contributed by atoms with van der Waals surface area (Å²) >= 11 is 0. The molecule has 2 fully saturated rings. The molecule has 8 nitrogen and oxygen atoms in total. The average molecular weight is 371 g/mol. The largest absolute Gasteiger partial charge is 0.493 e. The van der Waals surface area contributed by atoms with Crippen LogP contribution >= 0.6 is 0 Å². The Morgan fingerprint density at radius 1 is 1.07 bits per heavy atom. The highest BCUT2D eigenvalue weighted by Gasteiger charge is 2.44. The first kappa shape index (κ1) is 17.7. The highest BCUT2D eigenvalue weighted by Crippen LogP contribution is 2.30. The Labute approximate surface area is 156 Å². The van der Waals surface area contributed by atoms with E-state index < -0.39 is 23.8 Å². The van der Waals surface area contributed by atoms with Crippen LogP contribution in [0.4, 0.5) is 0 Å². The van der Waals surface area contributed by atoms with Gasteiger partial charge >= 0.3 is 0 Å². The second-order valence-electron chi connectivity index (χ2n) is 7.18.